The summed E-state index contributed by atoms with van der Waals surface area (Å²) in [5.74, 6) is -1.82. The molecular formula is C26H43N5O6. The summed E-state index contributed by atoms with van der Waals surface area (Å²) >= 11 is 0. The van der Waals surface area contributed by atoms with Gasteiger partial charge in [-0.2, -0.15) is 4.99 Å². The van der Waals surface area contributed by atoms with Crippen LogP contribution in [0.4, 0.5) is 0 Å². The number of ketones is 1. The van der Waals surface area contributed by atoms with Crippen LogP contribution in [-0.4, -0.2) is 86.7 Å². The van der Waals surface area contributed by atoms with Gasteiger partial charge in [-0.05, 0) is 12.8 Å². The molecule has 3 aliphatic heterocycles. The van der Waals surface area contributed by atoms with Gasteiger partial charge in [0.25, 0.3) is 5.91 Å². The summed E-state index contributed by atoms with van der Waals surface area (Å²) in [6.45, 7) is 3.84. The number of hydrogen-bond acceptors (Lipinski definition) is 9. The molecule has 0 saturated carbocycles. The SMILES string of the molecule is CCCCCCCC(=O)N1C(N)=NC(=O)C2(C(=O)CCCCCCC)N=CN([C@H]3CC(O)[C@@H](CO)O3)C12. The molecule has 11 nitrogen and oxygen atoms in total. The lowest BCUT2D eigenvalue weighted by Gasteiger charge is -2.44. The van der Waals surface area contributed by atoms with E-state index in [1.54, 1.807) is 0 Å². The number of unbranched alkanes of at least 4 members (excludes halogenated alkanes) is 8. The molecule has 0 aromatic rings. The van der Waals surface area contributed by atoms with Crippen molar-refractivity contribution in [3.05, 3.63) is 0 Å². The number of aliphatic hydroxyl groups is 2. The molecule has 2 amide bonds. The Hall–Kier alpha value is -2.37. The predicted octanol–water partition coefficient (Wildman–Crippen LogP) is 1.84. The van der Waals surface area contributed by atoms with Crippen LogP contribution in [0.25, 0.3) is 0 Å². The summed E-state index contributed by atoms with van der Waals surface area (Å²) in [6.07, 6.45) is 7.32. The molecule has 0 spiro atoms. The molecule has 3 rings (SSSR count). The molecular weight excluding hydrogens is 478 g/mol. The zero-order valence-electron chi connectivity index (χ0n) is 22.2. The molecule has 3 aliphatic rings. The average Bonchev–Trinajstić information content (AvgIpc) is 3.45. The van der Waals surface area contributed by atoms with Crippen molar-refractivity contribution in [2.45, 2.75) is 127 Å². The molecule has 37 heavy (non-hydrogen) atoms. The van der Waals surface area contributed by atoms with E-state index in [1.807, 2.05) is 0 Å². The van der Waals surface area contributed by atoms with Crippen LogP contribution in [0.3, 0.4) is 0 Å². The normalized spacial score (nSPS) is 29.1. The zero-order chi connectivity index (χ0) is 27.0. The maximum Gasteiger partial charge on any atom is 0.288 e. The van der Waals surface area contributed by atoms with Crippen molar-refractivity contribution in [2.24, 2.45) is 15.7 Å². The van der Waals surface area contributed by atoms with Gasteiger partial charge in [0, 0.05) is 19.3 Å². The number of aliphatic hydroxyl groups excluding tert-OH is 2. The summed E-state index contributed by atoms with van der Waals surface area (Å²) in [4.78, 5) is 51.5. The molecule has 208 valence electrons. The minimum Gasteiger partial charge on any atom is -0.394 e. The van der Waals surface area contributed by atoms with Crippen LogP contribution in [0.2, 0.25) is 0 Å². The number of nitrogens with zero attached hydrogens (tertiary/aromatic N) is 4. The van der Waals surface area contributed by atoms with Gasteiger partial charge >= 0.3 is 0 Å². The molecule has 0 aromatic heterocycles. The molecule has 0 bridgehead atoms. The van der Waals surface area contributed by atoms with E-state index in [-0.39, 0.29) is 31.1 Å². The zero-order valence-corrected chi connectivity index (χ0v) is 22.2. The monoisotopic (exact) mass is 521 g/mol. The van der Waals surface area contributed by atoms with Gasteiger partial charge in [-0.3, -0.25) is 19.3 Å². The lowest BCUT2D eigenvalue weighted by molar-refractivity contribution is -0.149. The van der Waals surface area contributed by atoms with Crippen LogP contribution in [0.1, 0.15) is 97.3 Å². The van der Waals surface area contributed by atoms with Crippen molar-refractivity contribution >= 4 is 29.9 Å². The average molecular weight is 522 g/mol. The Bertz CT molecular complexity index is 880. The molecule has 1 fully saturated rings. The molecule has 0 radical (unpaired) electrons. The third-order valence-corrected chi connectivity index (χ3v) is 7.50. The van der Waals surface area contributed by atoms with E-state index in [9.17, 15) is 24.6 Å². The fourth-order valence-corrected chi connectivity index (χ4v) is 5.33. The van der Waals surface area contributed by atoms with E-state index in [1.165, 1.54) is 16.1 Å². The van der Waals surface area contributed by atoms with Crippen LogP contribution in [-0.2, 0) is 19.1 Å². The lowest BCUT2D eigenvalue weighted by Crippen LogP contribution is -2.71. The maximum absolute atomic E-state index is 13.7. The van der Waals surface area contributed by atoms with Crippen molar-refractivity contribution in [1.29, 1.82) is 0 Å². The van der Waals surface area contributed by atoms with Gasteiger partial charge in [0.15, 0.2) is 11.9 Å². The highest BCUT2D eigenvalue weighted by molar-refractivity contribution is 6.20. The van der Waals surface area contributed by atoms with Crippen LogP contribution in [0.5, 0.6) is 0 Å². The Labute approximate surface area is 219 Å². The second kappa shape index (κ2) is 13.4. The number of nitrogens with two attached hydrogens (primary N) is 1. The van der Waals surface area contributed by atoms with Gasteiger partial charge < -0.3 is 25.6 Å². The number of Topliss-reactive ketones (excluding diaryl/α,β-unsaturated/α-hetero) is 1. The van der Waals surface area contributed by atoms with E-state index < -0.39 is 48.4 Å². The first-order chi connectivity index (χ1) is 17.8. The first kappa shape index (κ1) is 29.2. The Kier molecular flexibility index (Phi) is 10.6. The van der Waals surface area contributed by atoms with E-state index in [2.05, 4.69) is 23.8 Å². The predicted molar refractivity (Wildman–Crippen MR) is 138 cm³/mol. The first-order valence-electron chi connectivity index (χ1n) is 13.8. The van der Waals surface area contributed by atoms with Gasteiger partial charge in [0.2, 0.25) is 17.4 Å². The largest absolute Gasteiger partial charge is 0.394 e. The van der Waals surface area contributed by atoms with Crippen molar-refractivity contribution in [1.82, 2.24) is 9.80 Å². The third-order valence-electron chi connectivity index (χ3n) is 7.50. The number of aliphatic imine (C=N–C) groups is 2. The Morgan fingerprint density at radius 1 is 1.08 bits per heavy atom. The van der Waals surface area contributed by atoms with E-state index >= 15 is 0 Å². The Balaban J connectivity index is 1.88. The summed E-state index contributed by atoms with van der Waals surface area (Å²) in [7, 11) is 0. The first-order valence-corrected chi connectivity index (χ1v) is 13.8. The van der Waals surface area contributed by atoms with E-state index in [4.69, 9.17) is 10.5 Å². The minimum atomic E-state index is -1.93. The highest BCUT2D eigenvalue weighted by atomic mass is 16.5. The highest BCUT2D eigenvalue weighted by Crippen LogP contribution is 2.39. The summed E-state index contributed by atoms with van der Waals surface area (Å²) in [5.41, 5.74) is 4.21. The molecule has 4 N–H and O–H groups in total. The minimum absolute atomic E-state index is 0.110. The van der Waals surface area contributed by atoms with Gasteiger partial charge in [-0.1, -0.05) is 65.2 Å². The fourth-order valence-electron chi connectivity index (χ4n) is 5.33. The third kappa shape index (κ3) is 6.21. The van der Waals surface area contributed by atoms with Crippen molar-refractivity contribution in [3.63, 3.8) is 0 Å². The van der Waals surface area contributed by atoms with E-state index in [0.29, 0.717) is 12.8 Å². The van der Waals surface area contributed by atoms with E-state index in [0.717, 1.165) is 51.4 Å². The molecule has 11 heteroatoms. The smallest absolute Gasteiger partial charge is 0.288 e. The standard InChI is InChI=1S/C26H43N5O6/c1-3-5-7-9-11-13-20(34)26-23(36)29-25(27)31(21(35)14-12-10-8-6-4-2)24(26)30(17-28-26)22-15-18(33)19(16-32)37-22/h17-19,22,24,32-33H,3-16H2,1-2H3,(H2,27,29,36)/t18?,19-,22-,24?,26?/m1/s1. The summed E-state index contributed by atoms with van der Waals surface area (Å²) < 4.78 is 5.82. The number of hydrogen-bond donors (Lipinski definition) is 3. The van der Waals surface area contributed by atoms with Gasteiger partial charge in [0.05, 0.1) is 19.0 Å². The highest BCUT2D eigenvalue weighted by Gasteiger charge is 2.64. The van der Waals surface area contributed by atoms with Gasteiger partial charge in [-0.15, -0.1) is 0 Å². The van der Waals surface area contributed by atoms with Crippen LogP contribution >= 0.6 is 0 Å². The second-order valence-corrected chi connectivity index (χ2v) is 10.2. The van der Waals surface area contributed by atoms with Crippen molar-refractivity contribution in [2.75, 3.05) is 6.61 Å². The van der Waals surface area contributed by atoms with Crippen LogP contribution < -0.4 is 5.73 Å². The number of amides is 2. The number of fused-ring (bicyclic) bond motifs is 1. The molecule has 1 saturated heterocycles. The number of rotatable bonds is 15. The molecule has 0 aromatic carbocycles. The van der Waals surface area contributed by atoms with Crippen molar-refractivity contribution < 1.29 is 29.3 Å². The topological polar surface area (TPSA) is 158 Å². The lowest BCUT2D eigenvalue weighted by atomic mass is 9.84. The molecule has 0 aliphatic carbocycles. The van der Waals surface area contributed by atoms with Crippen LogP contribution in [0.15, 0.2) is 9.98 Å². The maximum atomic E-state index is 13.7. The number of carbonyl (C=O) groups excluding carboxylic acids is 3. The fraction of sp³-hybridized carbons (Fsp3) is 0.808. The quantitative estimate of drug-likeness (QED) is 0.217. The van der Waals surface area contributed by atoms with Crippen LogP contribution in [0, 0.1) is 0 Å². The van der Waals surface area contributed by atoms with Gasteiger partial charge in [0.1, 0.15) is 12.3 Å². The molecule has 5 atom stereocenters. The number of carbonyl (C=O) groups is 3. The number of ether oxygens (including phenoxy) is 1. The van der Waals surface area contributed by atoms with Gasteiger partial charge in [-0.25, -0.2) is 4.99 Å². The summed E-state index contributed by atoms with van der Waals surface area (Å²) in [6, 6.07) is 0. The Morgan fingerprint density at radius 2 is 1.70 bits per heavy atom. The Morgan fingerprint density at radius 3 is 2.30 bits per heavy atom. The second-order valence-electron chi connectivity index (χ2n) is 10.2. The molecule has 3 heterocycles. The number of guanidine groups is 1. The van der Waals surface area contributed by atoms with Crippen molar-refractivity contribution in [3.8, 4) is 0 Å². The summed E-state index contributed by atoms with van der Waals surface area (Å²) in [5, 5.41) is 19.9. The molecule has 3 unspecified atom stereocenters.